The molecule has 0 aromatic heterocycles. The zero-order valence-corrected chi connectivity index (χ0v) is 18.7. The van der Waals surface area contributed by atoms with Crippen molar-refractivity contribution in [1.82, 2.24) is 4.90 Å². The normalized spacial score (nSPS) is 21.0. The Bertz CT molecular complexity index is 980. The van der Waals surface area contributed by atoms with Crippen molar-refractivity contribution in [3.63, 3.8) is 0 Å². The number of carbonyl (C=O) groups excluding carboxylic acids is 1. The second kappa shape index (κ2) is 9.32. The van der Waals surface area contributed by atoms with Crippen LogP contribution in [0, 0.1) is 0 Å². The number of likely N-dealkylation sites (tertiary alicyclic amines) is 1. The lowest BCUT2D eigenvalue weighted by atomic mass is 9.84. The third-order valence-corrected chi connectivity index (χ3v) is 7.36. The molecule has 166 valence electrons. The summed E-state index contributed by atoms with van der Waals surface area (Å²) in [4.78, 5) is 20.6. The van der Waals surface area contributed by atoms with Gasteiger partial charge in [-0.2, -0.15) is 0 Å². The van der Waals surface area contributed by atoms with Gasteiger partial charge in [-0.05, 0) is 41.5 Å². The molecule has 3 aliphatic rings. The summed E-state index contributed by atoms with van der Waals surface area (Å²) in [6.07, 6.45) is 12.8. The molecule has 0 bridgehead atoms. The van der Waals surface area contributed by atoms with Crippen LogP contribution in [0.3, 0.4) is 0 Å². The Morgan fingerprint density at radius 1 is 0.969 bits per heavy atom. The Balaban J connectivity index is 1.13. The molecule has 1 spiro atoms. The zero-order valence-electron chi connectivity index (χ0n) is 18.7. The Kier molecular flexibility index (Phi) is 6.11. The first-order chi connectivity index (χ1) is 15.7. The average molecular weight is 429 g/mol. The molecule has 32 heavy (non-hydrogen) atoms. The fraction of sp³-hybridized carbons (Fsp3) is 0.429. The molecule has 4 heteroatoms. The molecule has 1 saturated heterocycles. The third kappa shape index (κ3) is 4.64. The standard InChI is InChI=1S/C28H32N2O2/c31-27(16-13-22-11-14-24(15-12-22)23-7-3-1-4-8-23)30-19-17-28(18-20-30)21-26(29-32-28)25-9-5-2-6-10-25/h2,5-6,9-16,23H,1,3-4,7-8,17-21H2. The van der Waals surface area contributed by atoms with E-state index in [-0.39, 0.29) is 11.5 Å². The van der Waals surface area contributed by atoms with Crippen LogP contribution in [-0.4, -0.2) is 35.2 Å². The van der Waals surface area contributed by atoms with E-state index in [2.05, 4.69) is 41.6 Å². The van der Waals surface area contributed by atoms with Crippen molar-refractivity contribution in [1.29, 1.82) is 0 Å². The van der Waals surface area contributed by atoms with Crippen LogP contribution in [0.4, 0.5) is 0 Å². The molecule has 1 amide bonds. The number of hydrogen-bond acceptors (Lipinski definition) is 3. The number of amides is 1. The van der Waals surface area contributed by atoms with Gasteiger partial charge in [-0.25, -0.2) is 0 Å². The van der Waals surface area contributed by atoms with E-state index >= 15 is 0 Å². The zero-order chi connectivity index (χ0) is 21.8. The quantitative estimate of drug-likeness (QED) is 0.566. The highest BCUT2D eigenvalue weighted by atomic mass is 16.7. The largest absolute Gasteiger partial charge is 0.388 e. The molecule has 2 aliphatic heterocycles. The maximum Gasteiger partial charge on any atom is 0.246 e. The molecule has 4 nitrogen and oxygen atoms in total. The van der Waals surface area contributed by atoms with Crippen molar-refractivity contribution in [2.75, 3.05) is 13.1 Å². The van der Waals surface area contributed by atoms with Crippen LogP contribution in [0.25, 0.3) is 6.08 Å². The smallest absolute Gasteiger partial charge is 0.246 e. The van der Waals surface area contributed by atoms with Crippen LogP contribution in [0.1, 0.15) is 74.0 Å². The first kappa shape index (κ1) is 21.0. The van der Waals surface area contributed by atoms with E-state index in [0.29, 0.717) is 19.0 Å². The van der Waals surface area contributed by atoms with E-state index < -0.39 is 0 Å². The van der Waals surface area contributed by atoms with Gasteiger partial charge in [-0.1, -0.05) is 79.0 Å². The van der Waals surface area contributed by atoms with Gasteiger partial charge in [0.1, 0.15) is 5.60 Å². The van der Waals surface area contributed by atoms with E-state index in [0.717, 1.165) is 36.1 Å². The lowest BCUT2D eigenvalue weighted by molar-refractivity contribution is -0.131. The summed E-state index contributed by atoms with van der Waals surface area (Å²) in [6, 6.07) is 19.0. The minimum atomic E-state index is -0.249. The van der Waals surface area contributed by atoms with E-state index in [4.69, 9.17) is 4.84 Å². The Morgan fingerprint density at radius 2 is 1.69 bits per heavy atom. The molecule has 0 atom stereocenters. The van der Waals surface area contributed by atoms with Crippen LogP contribution >= 0.6 is 0 Å². The molecule has 2 heterocycles. The Hall–Kier alpha value is -2.88. The molecule has 2 aromatic carbocycles. The maximum absolute atomic E-state index is 12.7. The molecule has 0 radical (unpaired) electrons. The number of nitrogens with zero attached hydrogens (tertiary/aromatic N) is 2. The van der Waals surface area contributed by atoms with Crippen molar-refractivity contribution in [3.8, 4) is 0 Å². The predicted molar refractivity (Wildman–Crippen MR) is 129 cm³/mol. The molecule has 0 unspecified atom stereocenters. The van der Waals surface area contributed by atoms with Crippen molar-refractivity contribution < 1.29 is 9.63 Å². The minimum absolute atomic E-state index is 0.0819. The summed E-state index contributed by atoms with van der Waals surface area (Å²) < 4.78 is 0. The molecule has 1 aliphatic carbocycles. The van der Waals surface area contributed by atoms with Crippen LogP contribution < -0.4 is 0 Å². The van der Waals surface area contributed by atoms with Gasteiger partial charge in [-0.3, -0.25) is 4.79 Å². The first-order valence-corrected chi connectivity index (χ1v) is 12.1. The minimum Gasteiger partial charge on any atom is -0.388 e. The number of piperidine rings is 1. The van der Waals surface area contributed by atoms with Crippen LogP contribution in [0.5, 0.6) is 0 Å². The van der Waals surface area contributed by atoms with E-state index in [1.54, 1.807) is 6.08 Å². The monoisotopic (exact) mass is 428 g/mol. The van der Waals surface area contributed by atoms with Crippen LogP contribution in [-0.2, 0) is 9.63 Å². The lowest BCUT2D eigenvalue weighted by Gasteiger charge is -2.36. The Labute approximate surface area is 191 Å². The van der Waals surface area contributed by atoms with Gasteiger partial charge in [0.2, 0.25) is 5.91 Å². The number of hydrogen-bond donors (Lipinski definition) is 0. The summed E-state index contributed by atoms with van der Waals surface area (Å²) in [5, 5.41) is 4.37. The number of rotatable bonds is 4. The predicted octanol–water partition coefficient (Wildman–Crippen LogP) is 5.93. The van der Waals surface area contributed by atoms with Gasteiger partial charge in [-0.15, -0.1) is 0 Å². The Morgan fingerprint density at radius 3 is 2.41 bits per heavy atom. The summed E-state index contributed by atoms with van der Waals surface area (Å²) in [6.45, 7) is 1.42. The van der Waals surface area contributed by atoms with Crippen LogP contribution in [0.2, 0.25) is 0 Å². The first-order valence-electron chi connectivity index (χ1n) is 12.1. The highest BCUT2D eigenvalue weighted by Crippen LogP contribution is 2.36. The van der Waals surface area contributed by atoms with Gasteiger partial charge >= 0.3 is 0 Å². The van der Waals surface area contributed by atoms with E-state index in [1.165, 1.54) is 37.7 Å². The SMILES string of the molecule is O=C(C=Cc1ccc(C2CCCCC2)cc1)N1CCC2(CC1)CC(c1ccccc1)=NO2. The van der Waals surface area contributed by atoms with Crippen molar-refractivity contribution in [3.05, 3.63) is 77.4 Å². The van der Waals surface area contributed by atoms with Gasteiger partial charge in [0, 0.05) is 38.4 Å². The second-order valence-corrected chi connectivity index (χ2v) is 9.52. The van der Waals surface area contributed by atoms with Crippen molar-refractivity contribution in [2.24, 2.45) is 5.16 Å². The molecular weight excluding hydrogens is 396 g/mol. The highest BCUT2D eigenvalue weighted by Gasteiger charge is 2.42. The van der Waals surface area contributed by atoms with Crippen molar-refractivity contribution in [2.45, 2.75) is 62.9 Å². The lowest BCUT2D eigenvalue weighted by Crippen LogP contribution is -2.46. The van der Waals surface area contributed by atoms with Crippen molar-refractivity contribution >= 4 is 17.7 Å². The van der Waals surface area contributed by atoms with Gasteiger partial charge in [0.15, 0.2) is 0 Å². The summed E-state index contributed by atoms with van der Waals surface area (Å²) in [7, 11) is 0. The molecule has 1 saturated carbocycles. The number of benzene rings is 2. The van der Waals surface area contributed by atoms with Gasteiger partial charge < -0.3 is 9.74 Å². The maximum atomic E-state index is 12.7. The highest BCUT2D eigenvalue weighted by molar-refractivity contribution is 6.01. The second-order valence-electron chi connectivity index (χ2n) is 9.52. The number of oxime groups is 1. The van der Waals surface area contributed by atoms with E-state index in [9.17, 15) is 4.79 Å². The summed E-state index contributed by atoms with van der Waals surface area (Å²) >= 11 is 0. The summed E-state index contributed by atoms with van der Waals surface area (Å²) in [5.74, 6) is 0.798. The average Bonchev–Trinajstić information content (AvgIpc) is 3.28. The molecule has 5 rings (SSSR count). The molecule has 2 fully saturated rings. The molecular formula is C28H32N2O2. The molecule has 2 aromatic rings. The van der Waals surface area contributed by atoms with Crippen LogP contribution in [0.15, 0.2) is 65.8 Å². The fourth-order valence-electron chi connectivity index (χ4n) is 5.30. The van der Waals surface area contributed by atoms with E-state index in [1.807, 2.05) is 29.2 Å². The topological polar surface area (TPSA) is 41.9 Å². The number of carbonyl (C=O) groups is 1. The molecule has 0 N–H and O–H groups in total. The van der Waals surface area contributed by atoms with Gasteiger partial charge in [0.05, 0.1) is 5.71 Å². The summed E-state index contributed by atoms with van der Waals surface area (Å²) in [5.41, 5.74) is 4.43. The fourth-order valence-corrected chi connectivity index (χ4v) is 5.30. The third-order valence-electron chi connectivity index (χ3n) is 7.36. The van der Waals surface area contributed by atoms with Gasteiger partial charge in [0.25, 0.3) is 0 Å².